The van der Waals surface area contributed by atoms with Crippen LogP contribution in [-0.4, -0.2) is 28.6 Å². The van der Waals surface area contributed by atoms with E-state index >= 15 is 0 Å². The molecule has 0 fully saturated rings. The number of hydrogen-bond donors (Lipinski definition) is 0. The van der Waals surface area contributed by atoms with Crippen molar-refractivity contribution in [1.29, 1.82) is 5.26 Å². The third-order valence-electron chi connectivity index (χ3n) is 3.24. The average molecular weight is 341 g/mol. The van der Waals surface area contributed by atoms with Crippen LogP contribution in [0.3, 0.4) is 0 Å². The van der Waals surface area contributed by atoms with Crippen molar-refractivity contribution in [3.05, 3.63) is 40.4 Å². The Balaban J connectivity index is 2.07. The van der Waals surface area contributed by atoms with E-state index in [1.807, 2.05) is 24.5 Å². The fourth-order valence-corrected chi connectivity index (χ4v) is 3.63. The van der Waals surface area contributed by atoms with Gasteiger partial charge in [0, 0.05) is 11.6 Å². The highest BCUT2D eigenvalue weighted by atomic mass is 32.2. The van der Waals surface area contributed by atoms with Gasteiger partial charge in [-0.2, -0.15) is 10.3 Å². The Hall–Kier alpha value is -2.30. The molecule has 5 nitrogen and oxygen atoms in total. The number of hydrogen-bond acceptors (Lipinski definition) is 6. The first-order valence-corrected chi connectivity index (χ1v) is 8.64. The monoisotopic (exact) mass is 341 g/mol. The van der Waals surface area contributed by atoms with E-state index in [0.29, 0.717) is 16.2 Å². The number of methoxy groups -OCH3 is 1. The van der Waals surface area contributed by atoms with Crippen molar-refractivity contribution in [2.75, 3.05) is 13.4 Å². The maximum atomic E-state index is 11.9. The number of thioether (sulfide) groups is 2. The fraction of sp³-hybridized carbons (Fsp3) is 0.125. The Bertz CT molecular complexity index is 913. The summed E-state index contributed by atoms with van der Waals surface area (Å²) in [6.45, 7) is 0. The van der Waals surface area contributed by atoms with Crippen molar-refractivity contribution < 1.29 is 9.53 Å². The number of rotatable bonds is 2. The lowest BCUT2D eigenvalue weighted by Crippen LogP contribution is -1.93. The lowest BCUT2D eigenvalue weighted by molar-refractivity contribution is -0.113. The minimum atomic E-state index is -0.227. The lowest BCUT2D eigenvalue weighted by Gasteiger charge is -2.07. The zero-order valence-corrected chi connectivity index (χ0v) is 14.0. The van der Waals surface area contributed by atoms with Crippen LogP contribution in [0.1, 0.15) is 11.1 Å². The van der Waals surface area contributed by atoms with Gasteiger partial charge in [0.2, 0.25) is 0 Å². The first-order valence-electron chi connectivity index (χ1n) is 6.59. The average Bonchev–Trinajstić information content (AvgIpc) is 2.93. The van der Waals surface area contributed by atoms with Gasteiger partial charge in [-0.25, -0.2) is 0 Å². The number of carbonyl (C=O) groups excluding carboxylic acids is 1. The molecule has 1 aliphatic heterocycles. The van der Waals surface area contributed by atoms with Gasteiger partial charge in [-0.3, -0.25) is 9.78 Å². The molecule has 0 bridgehead atoms. The molecule has 0 atom stereocenters. The van der Waals surface area contributed by atoms with Crippen molar-refractivity contribution in [2.45, 2.75) is 0 Å². The van der Waals surface area contributed by atoms with Gasteiger partial charge in [-0.05, 0) is 30.0 Å². The van der Waals surface area contributed by atoms with Gasteiger partial charge >= 0.3 is 0 Å². The first kappa shape index (κ1) is 15.6. The third kappa shape index (κ3) is 2.96. The van der Waals surface area contributed by atoms with Gasteiger partial charge in [0.25, 0.3) is 5.91 Å². The van der Waals surface area contributed by atoms with E-state index in [2.05, 4.69) is 16.0 Å². The van der Waals surface area contributed by atoms with Crippen LogP contribution in [-0.2, 0) is 4.79 Å². The molecule has 7 heteroatoms. The number of benzene rings is 1. The second-order valence-corrected chi connectivity index (χ2v) is 6.68. The second kappa shape index (κ2) is 6.44. The first-order chi connectivity index (χ1) is 11.2. The molecule has 114 valence electrons. The number of nitriles is 1. The van der Waals surface area contributed by atoms with Crippen LogP contribution in [0.15, 0.2) is 34.3 Å². The standard InChI is InChI=1S/C16H11N3O2S2/c1-21-14-10(7-17)8-18-12-4-3-9(5-11(12)14)6-13-15(20)19-16(22-2)23-13/h3-6,8H,1-2H3/b13-6-. The van der Waals surface area contributed by atoms with Gasteiger partial charge in [0.1, 0.15) is 21.8 Å². The van der Waals surface area contributed by atoms with Crippen LogP contribution < -0.4 is 4.74 Å². The minimum absolute atomic E-state index is 0.227. The molecule has 1 aliphatic rings. The predicted molar refractivity (Wildman–Crippen MR) is 94.5 cm³/mol. The molecule has 2 heterocycles. The second-order valence-electron chi connectivity index (χ2n) is 4.59. The van der Waals surface area contributed by atoms with E-state index in [4.69, 9.17) is 10.00 Å². The van der Waals surface area contributed by atoms with Crippen LogP contribution >= 0.6 is 23.5 Å². The molecule has 0 aliphatic carbocycles. The van der Waals surface area contributed by atoms with Crippen LogP contribution in [0.2, 0.25) is 0 Å². The highest BCUT2D eigenvalue weighted by molar-refractivity contribution is 8.40. The Morgan fingerprint density at radius 3 is 2.91 bits per heavy atom. The molecule has 23 heavy (non-hydrogen) atoms. The normalized spacial score (nSPS) is 15.8. The molecule has 0 saturated carbocycles. The summed E-state index contributed by atoms with van der Waals surface area (Å²) in [4.78, 5) is 20.7. The van der Waals surface area contributed by atoms with Gasteiger partial charge < -0.3 is 4.74 Å². The molecule has 0 unspecified atom stereocenters. The molecule has 1 amide bonds. The summed E-state index contributed by atoms with van der Waals surface area (Å²) < 4.78 is 6.09. The minimum Gasteiger partial charge on any atom is -0.495 e. The lowest BCUT2D eigenvalue weighted by atomic mass is 10.1. The predicted octanol–water partition coefficient (Wildman–Crippen LogP) is 3.45. The Morgan fingerprint density at radius 2 is 2.26 bits per heavy atom. The summed E-state index contributed by atoms with van der Waals surface area (Å²) in [5.74, 6) is 0.263. The summed E-state index contributed by atoms with van der Waals surface area (Å²) in [5.41, 5.74) is 1.94. The Morgan fingerprint density at radius 1 is 1.43 bits per heavy atom. The molecule has 0 N–H and O–H groups in total. The SMILES string of the molecule is COc1c(C#N)cnc2ccc(/C=C3\SC(SC)=NC3=O)cc12. The third-order valence-corrected chi connectivity index (χ3v) is 5.21. The largest absolute Gasteiger partial charge is 0.495 e. The van der Waals surface area contributed by atoms with Crippen molar-refractivity contribution in [3.63, 3.8) is 0 Å². The summed E-state index contributed by atoms with van der Waals surface area (Å²) >= 11 is 2.81. The number of aromatic nitrogens is 1. The van der Waals surface area contributed by atoms with Gasteiger partial charge in [0.05, 0.1) is 17.5 Å². The molecule has 0 saturated heterocycles. The number of ether oxygens (including phenoxy) is 1. The fourth-order valence-electron chi connectivity index (χ4n) is 2.20. The smallest absolute Gasteiger partial charge is 0.285 e. The maximum Gasteiger partial charge on any atom is 0.285 e. The van der Waals surface area contributed by atoms with Gasteiger partial charge in [-0.15, -0.1) is 11.8 Å². The van der Waals surface area contributed by atoms with Crippen molar-refractivity contribution in [1.82, 2.24) is 4.98 Å². The highest BCUT2D eigenvalue weighted by Crippen LogP contribution is 2.34. The van der Waals surface area contributed by atoms with Crippen LogP contribution in [0.4, 0.5) is 0 Å². The molecule has 0 radical (unpaired) electrons. The zero-order chi connectivity index (χ0) is 16.4. The van der Waals surface area contributed by atoms with Crippen molar-refractivity contribution >= 4 is 50.8 Å². The number of carbonyl (C=O) groups is 1. The number of pyridine rings is 1. The number of nitrogens with zero attached hydrogens (tertiary/aromatic N) is 3. The molecular formula is C16H11N3O2S2. The Labute approximate surface area is 141 Å². The van der Waals surface area contributed by atoms with Crippen molar-refractivity contribution in [3.8, 4) is 11.8 Å². The molecule has 2 aromatic rings. The van der Waals surface area contributed by atoms with E-state index in [1.54, 1.807) is 6.08 Å². The molecule has 0 spiro atoms. The van der Waals surface area contributed by atoms with E-state index in [-0.39, 0.29) is 5.91 Å². The summed E-state index contributed by atoms with van der Waals surface area (Å²) in [6.07, 6.45) is 5.17. The molecular weight excluding hydrogens is 330 g/mol. The summed E-state index contributed by atoms with van der Waals surface area (Å²) in [5, 5.41) is 9.89. The highest BCUT2D eigenvalue weighted by Gasteiger charge is 2.21. The Kier molecular flexibility index (Phi) is 4.37. The van der Waals surface area contributed by atoms with Crippen LogP contribution in [0.5, 0.6) is 5.75 Å². The number of fused-ring (bicyclic) bond motifs is 1. The van der Waals surface area contributed by atoms with Crippen LogP contribution in [0, 0.1) is 11.3 Å². The maximum absolute atomic E-state index is 11.9. The zero-order valence-electron chi connectivity index (χ0n) is 12.4. The quantitative estimate of drug-likeness (QED) is 0.779. The molecule has 1 aromatic heterocycles. The van der Waals surface area contributed by atoms with Gasteiger partial charge in [-0.1, -0.05) is 17.8 Å². The topological polar surface area (TPSA) is 75.3 Å². The van der Waals surface area contributed by atoms with E-state index in [0.717, 1.165) is 20.8 Å². The molecule has 1 aromatic carbocycles. The van der Waals surface area contributed by atoms with Crippen LogP contribution in [0.25, 0.3) is 17.0 Å². The van der Waals surface area contributed by atoms with Crippen molar-refractivity contribution in [2.24, 2.45) is 4.99 Å². The van der Waals surface area contributed by atoms with E-state index in [9.17, 15) is 4.79 Å². The van der Waals surface area contributed by atoms with E-state index in [1.165, 1.54) is 36.8 Å². The molecule has 3 rings (SSSR count). The summed E-state index contributed by atoms with van der Waals surface area (Å²) in [6, 6.07) is 7.64. The summed E-state index contributed by atoms with van der Waals surface area (Å²) in [7, 11) is 1.52. The van der Waals surface area contributed by atoms with Gasteiger partial charge in [0.15, 0.2) is 0 Å². The number of aliphatic imine (C=N–C) groups is 1. The van der Waals surface area contributed by atoms with E-state index < -0.39 is 0 Å². The number of amides is 1.